The first-order valence-electron chi connectivity index (χ1n) is 15.7. The number of hydrogen-bond acceptors (Lipinski definition) is 5. The Morgan fingerprint density at radius 1 is 0.826 bits per heavy atom. The number of nitrogens with zero attached hydrogens (tertiary/aromatic N) is 2. The van der Waals surface area contributed by atoms with E-state index in [0.29, 0.717) is 5.75 Å². The Morgan fingerprint density at radius 2 is 1.41 bits per heavy atom. The molecule has 240 valence electrons. The summed E-state index contributed by atoms with van der Waals surface area (Å²) in [6, 6.07) is 31.4. The Hall–Kier alpha value is -4.63. The molecule has 8 nitrogen and oxygen atoms in total. The molecule has 0 radical (unpaired) electrons. The van der Waals surface area contributed by atoms with Crippen LogP contribution >= 0.6 is 0 Å². The van der Waals surface area contributed by atoms with Crippen molar-refractivity contribution in [3.05, 3.63) is 126 Å². The fourth-order valence-corrected chi connectivity index (χ4v) is 7.31. The van der Waals surface area contributed by atoms with Crippen LogP contribution in [0.2, 0.25) is 0 Å². The summed E-state index contributed by atoms with van der Waals surface area (Å²) in [6.07, 6.45) is 4.16. The lowest BCUT2D eigenvalue weighted by molar-refractivity contribution is -0.140. The summed E-state index contributed by atoms with van der Waals surface area (Å²) in [7, 11) is -2.76. The van der Waals surface area contributed by atoms with Gasteiger partial charge in [-0.3, -0.25) is 13.9 Å². The maximum atomic E-state index is 14.6. The van der Waals surface area contributed by atoms with Crippen molar-refractivity contribution in [2.75, 3.05) is 18.0 Å². The maximum absolute atomic E-state index is 14.6. The molecule has 46 heavy (non-hydrogen) atoms. The summed E-state index contributed by atoms with van der Waals surface area (Å²) < 4.78 is 35.2. The minimum absolute atomic E-state index is 0.0474. The molecule has 5 rings (SSSR count). The smallest absolute Gasteiger partial charge is 0.264 e. The van der Waals surface area contributed by atoms with Gasteiger partial charge in [0.2, 0.25) is 11.8 Å². The molecule has 1 aliphatic carbocycles. The highest BCUT2D eigenvalue weighted by atomic mass is 32.2. The maximum Gasteiger partial charge on any atom is 0.264 e. The van der Waals surface area contributed by atoms with E-state index in [-0.39, 0.29) is 35.5 Å². The average Bonchev–Trinajstić information content (AvgIpc) is 3.59. The van der Waals surface area contributed by atoms with E-state index < -0.39 is 28.5 Å². The number of benzene rings is 4. The zero-order valence-electron chi connectivity index (χ0n) is 26.3. The fourth-order valence-electron chi connectivity index (χ4n) is 5.89. The lowest BCUT2D eigenvalue weighted by Crippen LogP contribution is -2.54. The molecule has 2 amide bonds. The van der Waals surface area contributed by atoms with Gasteiger partial charge >= 0.3 is 0 Å². The summed E-state index contributed by atoms with van der Waals surface area (Å²) in [5.74, 6) is -0.446. The molecular weight excluding hydrogens is 598 g/mol. The summed E-state index contributed by atoms with van der Waals surface area (Å²) in [5.41, 5.74) is 2.86. The molecule has 0 bridgehead atoms. The topological polar surface area (TPSA) is 96.0 Å². The van der Waals surface area contributed by atoms with Gasteiger partial charge in [-0.1, -0.05) is 103 Å². The third kappa shape index (κ3) is 7.95. The molecule has 4 aromatic carbocycles. The Kier molecular flexibility index (Phi) is 10.8. The number of carbonyl (C=O) groups is 2. The van der Waals surface area contributed by atoms with Crippen molar-refractivity contribution in [3.63, 3.8) is 0 Å². The van der Waals surface area contributed by atoms with E-state index >= 15 is 0 Å². The molecule has 1 N–H and O–H groups in total. The average molecular weight is 640 g/mol. The van der Waals surface area contributed by atoms with E-state index in [1.54, 1.807) is 36.4 Å². The number of anilines is 1. The number of aryl methyl sites for hydroxylation is 1. The molecule has 0 heterocycles. The largest absolute Gasteiger partial charge is 0.495 e. The number of nitrogens with one attached hydrogen (secondary N) is 1. The lowest BCUT2D eigenvalue weighted by Gasteiger charge is -2.34. The number of carbonyl (C=O) groups excluding carboxylic acids is 2. The predicted octanol–water partition coefficient (Wildman–Crippen LogP) is 5.90. The number of methoxy groups -OCH3 is 1. The minimum atomic E-state index is -4.22. The Labute approximate surface area is 272 Å². The molecule has 1 atom stereocenters. The van der Waals surface area contributed by atoms with Crippen LogP contribution < -0.4 is 14.4 Å². The van der Waals surface area contributed by atoms with Gasteiger partial charge in [0, 0.05) is 19.0 Å². The first-order valence-corrected chi connectivity index (χ1v) is 17.1. The monoisotopic (exact) mass is 639 g/mol. The van der Waals surface area contributed by atoms with Crippen molar-refractivity contribution >= 4 is 27.5 Å². The van der Waals surface area contributed by atoms with E-state index in [1.807, 2.05) is 67.6 Å². The van der Waals surface area contributed by atoms with Crippen LogP contribution in [-0.4, -0.2) is 50.9 Å². The van der Waals surface area contributed by atoms with Crippen molar-refractivity contribution in [1.29, 1.82) is 0 Å². The standard InChI is InChI=1S/C37H41N3O5S/c1-28-21-23-32(24-22-28)46(43,44)40(33-19-11-12-20-35(33)45-2)27-36(41)39(26-30-15-7-4-8-16-30)34(25-29-13-5-3-6-14-29)37(42)38-31-17-9-10-18-31/h3-8,11-16,19-24,31,34H,9-10,17-18,25-27H2,1-2H3,(H,38,42)/t34-/m0/s1. The first kappa shape index (κ1) is 32.8. The van der Waals surface area contributed by atoms with Crippen molar-refractivity contribution < 1.29 is 22.7 Å². The van der Waals surface area contributed by atoms with Gasteiger partial charge in [0.25, 0.3) is 10.0 Å². The van der Waals surface area contributed by atoms with Gasteiger partial charge in [0.15, 0.2) is 0 Å². The van der Waals surface area contributed by atoms with E-state index in [4.69, 9.17) is 4.74 Å². The number of amides is 2. The molecule has 0 spiro atoms. The summed E-state index contributed by atoms with van der Waals surface area (Å²) in [6.45, 7) is 1.47. The predicted molar refractivity (Wildman–Crippen MR) is 180 cm³/mol. The van der Waals surface area contributed by atoms with Crippen LogP contribution in [0.5, 0.6) is 5.75 Å². The molecule has 0 unspecified atom stereocenters. The number of sulfonamides is 1. The first-order chi connectivity index (χ1) is 22.3. The summed E-state index contributed by atoms with van der Waals surface area (Å²) in [5, 5.41) is 3.20. The van der Waals surface area contributed by atoms with Gasteiger partial charge in [-0.25, -0.2) is 8.42 Å². The van der Waals surface area contributed by atoms with Crippen LogP contribution in [-0.2, 0) is 32.6 Å². The Balaban J connectivity index is 1.57. The second-order valence-corrected chi connectivity index (χ2v) is 13.6. The summed E-state index contributed by atoms with van der Waals surface area (Å²) >= 11 is 0. The third-order valence-electron chi connectivity index (χ3n) is 8.41. The molecular formula is C37H41N3O5S. The van der Waals surface area contributed by atoms with Gasteiger partial charge in [0.05, 0.1) is 17.7 Å². The second-order valence-electron chi connectivity index (χ2n) is 11.7. The van der Waals surface area contributed by atoms with Gasteiger partial charge in [0.1, 0.15) is 18.3 Å². The van der Waals surface area contributed by atoms with Gasteiger partial charge in [-0.15, -0.1) is 0 Å². The number of hydrogen-bond donors (Lipinski definition) is 1. The van der Waals surface area contributed by atoms with Crippen LogP contribution in [0, 0.1) is 6.92 Å². The van der Waals surface area contributed by atoms with Crippen LogP contribution in [0.25, 0.3) is 0 Å². The zero-order valence-corrected chi connectivity index (χ0v) is 27.2. The molecule has 1 aliphatic rings. The van der Waals surface area contributed by atoms with E-state index in [0.717, 1.165) is 46.7 Å². The highest BCUT2D eigenvalue weighted by molar-refractivity contribution is 7.92. The molecule has 9 heteroatoms. The molecule has 0 aliphatic heterocycles. The highest BCUT2D eigenvalue weighted by Crippen LogP contribution is 2.33. The molecule has 0 aromatic heterocycles. The van der Waals surface area contributed by atoms with Crippen LogP contribution in [0.4, 0.5) is 5.69 Å². The summed E-state index contributed by atoms with van der Waals surface area (Å²) in [4.78, 5) is 30.3. The quantitative estimate of drug-likeness (QED) is 0.197. The van der Waals surface area contributed by atoms with Crippen LogP contribution in [0.3, 0.4) is 0 Å². The number of ether oxygens (including phenoxy) is 1. The van der Waals surface area contributed by atoms with Crippen LogP contribution in [0.15, 0.2) is 114 Å². The van der Waals surface area contributed by atoms with Crippen molar-refractivity contribution in [2.24, 2.45) is 0 Å². The lowest BCUT2D eigenvalue weighted by atomic mass is 10.0. The Morgan fingerprint density at radius 3 is 2.04 bits per heavy atom. The molecule has 1 fully saturated rings. The van der Waals surface area contributed by atoms with Gasteiger partial charge < -0.3 is 15.0 Å². The molecule has 1 saturated carbocycles. The van der Waals surface area contributed by atoms with Crippen molar-refractivity contribution in [1.82, 2.24) is 10.2 Å². The Bertz CT molecular complexity index is 1710. The number of para-hydroxylation sites is 2. The fraction of sp³-hybridized carbons (Fsp3) is 0.297. The third-order valence-corrected chi connectivity index (χ3v) is 10.2. The minimum Gasteiger partial charge on any atom is -0.495 e. The van der Waals surface area contributed by atoms with E-state index in [9.17, 15) is 18.0 Å². The van der Waals surface area contributed by atoms with Gasteiger partial charge in [-0.05, 0) is 55.2 Å². The van der Waals surface area contributed by atoms with Crippen molar-refractivity contribution in [2.45, 2.75) is 62.6 Å². The SMILES string of the molecule is COc1ccccc1N(CC(=O)N(Cc1ccccc1)[C@@H](Cc1ccccc1)C(=O)NC1CCCC1)S(=O)(=O)c1ccc(C)cc1. The van der Waals surface area contributed by atoms with E-state index in [1.165, 1.54) is 24.1 Å². The van der Waals surface area contributed by atoms with Crippen LogP contribution in [0.1, 0.15) is 42.4 Å². The van der Waals surface area contributed by atoms with Crippen molar-refractivity contribution in [3.8, 4) is 5.75 Å². The number of rotatable bonds is 13. The molecule has 0 saturated heterocycles. The van der Waals surface area contributed by atoms with E-state index in [2.05, 4.69) is 5.32 Å². The zero-order chi connectivity index (χ0) is 32.5. The second kappa shape index (κ2) is 15.1. The molecule has 4 aromatic rings. The highest BCUT2D eigenvalue weighted by Gasteiger charge is 2.36. The normalized spacial score (nSPS) is 14.0. The van der Waals surface area contributed by atoms with Gasteiger partial charge in [-0.2, -0.15) is 0 Å².